The number of amides is 1. The van der Waals surface area contributed by atoms with E-state index in [0.717, 1.165) is 6.07 Å². The predicted octanol–water partition coefficient (Wildman–Crippen LogP) is 4.45. The summed E-state index contributed by atoms with van der Waals surface area (Å²) in [4.78, 5) is 27.1. The Morgan fingerprint density at radius 1 is 1.16 bits per heavy atom. The lowest BCUT2D eigenvalue weighted by molar-refractivity contribution is -0.139. The number of methoxy groups -OCH3 is 1. The average Bonchev–Trinajstić information content (AvgIpc) is 2.98. The molecular formula is C24H26FNO5. The highest BCUT2D eigenvalue weighted by Crippen LogP contribution is 2.41. The monoisotopic (exact) mass is 427 g/mol. The molecular weight excluding hydrogens is 401 g/mol. The third-order valence-corrected chi connectivity index (χ3v) is 4.99. The van der Waals surface area contributed by atoms with Gasteiger partial charge < -0.3 is 19.5 Å². The Morgan fingerprint density at radius 3 is 2.42 bits per heavy atom. The van der Waals surface area contributed by atoms with Crippen LogP contribution < -0.4 is 9.47 Å². The van der Waals surface area contributed by atoms with Crippen LogP contribution in [0.3, 0.4) is 0 Å². The van der Waals surface area contributed by atoms with Crippen LogP contribution in [-0.2, 0) is 9.59 Å². The van der Waals surface area contributed by atoms with E-state index in [1.165, 1.54) is 24.1 Å². The first-order valence-electron chi connectivity index (χ1n) is 10.2. The highest BCUT2D eigenvalue weighted by molar-refractivity contribution is 6.46. The number of ether oxygens (including phenoxy) is 2. The van der Waals surface area contributed by atoms with E-state index in [-0.39, 0.29) is 23.0 Å². The summed E-state index contributed by atoms with van der Waals surface area (Å²) in [6, 6.07) is 9.85. The van der Waals surface area contributed by atoms with Crippen LogP contribution in [0.1, 0.15) is 44.4 Å². The fraction of sp³-hybridized carbons (Fsp3) is 0.333. The number of aliphatic hydroxyl groups excluding tert-OH is 1. The van der Waals surface area contributed by atoms with Gasteiger partial charge in [0, 0.05) is 6.54 Å². The molecule has 0 radical (unpaired) electrons. The molecule has 0 aliphatic carbocycles. The molecule has 1 amide bonds. The Bertz CT molecular complexity index is 1010. The molecule has 7 heteroatoms. The van der Waals surface area contributed by atoms with E-state index < -0.39 is 29.3 Å². The molecule has 1 N–H and O–H groups in total. The minimum absolute atomic E-state index is 0.00276. The zero-order valence-electron chi connectivity index (χ0n) is 18.0. The molecule has 0 spiro atoms. The predicted molar refractivity (Wildman–Crippen MR) is 114 cm³/mol. The summed E-state index contributed by atoms with van der Waals surface area (Å²) in [6.45, 7) is 6.05. The normalized spacial score (nSPS) is 18.0. The molecule has 0 aromatic heterocycles. The third kappa shape index (κ3) is 4.40. The first kappa shape index (κ1) is 22.3. The van der Waals surface area contributed by atoms with Crippen LogP contribution in [-0.4, -0.2) is 41.5 Å². The van der Waals surface area contributed by atoms with Crippen molar-refractivity contribution < 1.29 is 28.6 Å². The van der Waals surface area contributed by atoms with E-state index in [1.807, 2.05) is 20.8 Å². The quantitative estimate of drug-likeness (QED) is 0.401. The average molecular weight is 427 g/mol. The summed E-state index contributed by atoms with van der Waals surface area (Å²) in [5.74, 6) is -1.74. The van der Waals surface area contributed by atoms with Gasteiger partial charge in [0.15, 0.2) is 0 Å². The van der Waals surface area contributed by atoms with Crippen molar-refractivity contribution in [2.24, 2.45) is 0 Å². The molecule has 1 atom stereocenters. The first-order valence-corrected chi connectivity index (χ1v) is 10.2. The third-order valence-electron chi connectivity index (χ3n) is 4.99. The van der Waals surface area contributed by atoms with Crippen LogP contribution in [0.5, 0.6) is 11.5 Å². The molecule has 1 heterocycles. The standard InChI is InChI=1S/C24H26FNO5/c1-5-12-26-21(15-6-9-17(10-7-15)31-14(2)3)20(23(28)24(26)29)22(27)18-13-16(25)8-11-19(18)30-4/h6-11,13-14,21,27H,5,12H2,1-4H3/b22-20+. The van der Waals surface area contributed by atoms with Gasteiger partial charge in [-0.25, -0.2) is 4.39 Å². The minimum Gasteiger partial charge on any atom is -0.507 e. The summed E-state index contributed by atoms with van der Waals surface area (Å²) in [5.41, 5.74) is 0.558. The maximum absolute atomic E-state index is 13.9. The number of carbonyl (C=O) groups is 2. The van der Waals surface area contributed by atoms with Crippen molar-refractivity contribution in [2.75, 3.05) is 13.7 Å². The fourth-order valence-corrected chi connectivity index (χ4v) is 3.71. The van der Waals surface area contributed by atoms with E-state index in [9.17, 15) is 19.1 Å². The number of carbonyl (C=O) groups excluding carboxylic acids is 2. The lowest BCUT2D eigenvalue weighted by atomic mass is 9.95. The molecule has 6 nitrogen and oxygen atoms in total. The largest absolute Gasteiger partial charge is 0.507 e. The molecule has 2 aromatic rings. The molecule has 3 rings (SSSR count). The molecule has 0 bridgehead atoms. The number of hydrogen-bond acceptors (Lipinski definition) is 5. The van der Waals surface area contributed by atoms with Crippen LogP contribution in [0.4, 0.5) is 4.39 Å². The van der Waals surface area contributed by atoms with Gasteiger partial charge in [-0.1, -0.05) is 19.1 Å². The Balaban J connectivity index is 2.17. The van der Waals surface area contributed by atoms with Gasteiger partial charge in [-0.05, 0) is 56.2 Å². The van der Waals surface area contributed by atoms with Gasteiger partial charge in [0.2, 0.25) is 0 Å². The fourth-order valence-electron chi connectivity index (χ4n) is 3.71. The minimum atomic E-state index is -0.815. The Hall–Kier alpha value is -3.35. The van der Waals surface area contributed by atoms with Gasteiger partial charge in [0.05, 0.1) is 30.4 Å². The van der Waals surface area contributed by atoms with Crippen LogP contribution >= 0.6 is 0 Å². The maximum atomic E-state index is 13.9. The van der Waals surface area contributed by atoms with Gasteiger partial charge in [-0.2, -0.15) is 0 Å². The van der Waals surface area contributed by atoms with Gasteiger partial charge in [-0.3, -0.25) is 9.59 Å². The lowest BCUT2D eigenvalue weighted by Crippen LogP contribution is -2.30. The summed E-state index contributed by atoms with van der Waals surface area (Å²) < 4.78 is 24.8. The van der Waals surface area contributed by atoms with E-state index in [0.29, 0.717) is 24.3 Å². The maximum Gasteiger partial charge on any atom is 0.295 e. The van der Waals surface area contributed by atoms with Gasteiger partial charge in [0.25, 0.3) is 11.7 Å². The number of halogens is 1. The molecule has 1 aliphatic rings. The Kier molecular flexibility index (Phi) is 6.63. The van der Waals surface area contributed by atoms with Crippen LogP contribution in [0, 0.1) is 5.82 Å². The van der Waals surface area contributed by atoms with Gasteiger partial charge in [-0.15, -0.1) is 0 Å². The highest BCUT2D eigenvalue weighted by Gasteiger charge is 2.46. The van der Waals surface area contributed by atoms with E-state index in [4.69, 9.17) is 9.47 Å². The van der Waals surface area contributed by atoms with Crippen molar-refractivity contribution in [3.63, 3.8) is 0 Å². The summed E-state index contributed by atoms with van der Waals surface area (Å²) in [6.07, 6.45) is 0.624. The molecule has 1 unspecified atom stereocenters. The number of aliphatic hydroxyl groups is 1. The van der Waals surface area contributed by atoms with Crippen LogP contribution in [0.25, 0.3) is 5.76 Å². The zero-order valence-corrected chi connectivity index (χ0v) is 18.0. The summed E-state index contributed by atoms with van der Waals surface area (Å²) in [5, 5.41) is 11.0. The van der Waals surface area contributed by atoms with E-state index >= 15 is 0 Å². The summed E-state index contributed by atoms with van der Waals surface area (Å²) in [7, 11) is 1.38. The van der Waals surface area contributed by atoms with Crippen molar-refractivity contribution in [1.29, 1.82) is 0 Å². The Labute approximate surface area is 180 Å². The molecule has 1 saturated heterocycles. The molecule has 1 aliphatic heterocycles. The van der Waals surface area contributed by atoms with Crippen LogP contribution in [0.2, 0.25) is 0 Å². The zero-order chi connectivity index (χ0) is 22.7. The second-order valence-electron chi connectivity index (χ2n) is 7.57. The molecule has 164 valence electrons. The van der Waals surface area contributed by atoms with Gasteiger partial charge in [0.1, 0.15) is 23.1 Å². The van der Waals surface area contributed by atoms with E-state index in [2.05, 4.69) is 0 Å². The number of nitrogens with zero attached hydrogens (tertiary/aromatic N) is 1. The first-order chi connectivity index (χ1) is 14.8. The summed E-state index contributed by atoms with van der Waals surface area (Å²) >= 11 is 0. The number of benzene rings is 2. The molecule has 0 saturated carbocycles. The molecule has 31 heavy (non-hydrogen) atoms. The number of rotatable bonds is 7. The highest BCUT2D eigenvalue weighted by atomic mass is 19.1. The van der Waals surface area contributed by atoms with Crippen LogP contribution in [0.15, 0.2) is 48.0 Å². The number of hydrogen-bond donors (Lipinski definition) is 1. The number of likely N-dealkylation sites (tertiary alicyclic amines) is 1. The number of Topliss-reactive ketones (excluding diaryl/α,β-unsaturated/α-hetero) is 1. The van der Waals surface area contributed by atoms with Crippen molar-refractivity contribution in [3.8, 4) is 11.5 Å². The molecule has 1 fully saturated rings. The SMILES string of the molecule is CCCN1C(=O)C(=O)/C(=C(/O)c2cc(F)ccc2OC)C1c1ccc(OC(C)C)cc1. The second kappa shape index (κ2) is 9.20. The van der Waals surface area contributed by atoms with Crippen molar-refractivity contribution in [1.82, 2.24) is 4.90 Å². The smallest absolute Gasteiger partial charge is 0.295 e. The Morgan fingerprint density at radius 2 is 1.84 bits per heavy atom. The van der Waals surface area contributed by atoms with Crippen molar-refractivity contribution >= 4 is 17.4 Å². The lowest BCUT2D eigenvalue weighted by Gasteiger charge is -2.25. The van der Waals surface area contributed by atoms with Gasteiger partial charge >= 0.3 is 0 Å². The van der Waals surface area contributed by atoms with Crippen molar-refractivity contribution in [3.05, 3.63) is 65.0 Å². The number of ketones is 1. The second-order valence-corrected chi connectivity index (χ2v) is 7.57. The van der Waals surface area contributed by atoms with Crippen molar-refractivity contribution in [2.45, 2.75) is 39.3 Å². The molecule has 2 aromatic carbocycles. The van der Waals surface area contributed by atoms with E-state index in [1.54, 1.807) is 24.3 Å². The topological polar surface area (TPSA) is 76.1 Å².